The maximum absolute atomic E-state index is 12.4. The van der Waals surface area contributed by atoms with Crippen molar-refractivity contribution in [3.8, 4) is 5.75 Å². The number of amides is 1. The van der Waals surface area contributed by atoms with Gasteiger partial charge in [0, 0.05) is 14.1 Å². The highest BCUT2D eigenvalue weighted by atomic mass is 16.5. The average molecular weight is 276 g/mol. The molecule has 0 radical (unpaired) electrons. The zero-order chi connectivity index (χ0) is 14.1. The maximum atomic E-state index is 12.4. The molecule has 108 valence electrons. The van der Waals surface area contributed by atoms with E-state index in [1.54, 1.807) is 11.9 Å². The van der Waals surface area contributed by atoms with Crippen LogP contribution in [0.5, 0.6) is 5.75 Å². The lowest BCUT2D eigenvalue weighted by Gasteiger charge is -2.28. The number of hydrogen-bond donors (Lipinski definition) is 1. The zero-order valence-electron chi connectivity index (χ0n) is 11.9. The fourth-order valence-corrected chi connectivity index (χ4v) is 2.64. The predicted octanol–water partition coefficient (Wildman–Crippen LogP) is 0.625. The zero-order valence-corrected chi connectivity index (χ0v) is 11.9. The second-order valence-corrected chi connectivity index (χ2v) is 5.31. The number of carbonyl (C=O) groups is 1. The van der Waals surface area contributed by atoms with Crippen LogP contribution in [-0.2, 0) is 4.79 Å². The maximum Gasteiger partial charge on any atom is 0.245 e. The van der Waals surface area contributed by atoms with Crippen molar-refractivity contribution in [3.63, 3.8) is 0 Å². The molecule has 1 aromatic heterocycles. The van der Waals surface area contributed by atoms with Gasteiger partial charge in [0.2, 0.25) is 5.91 Å². The molecule has 2 aliphatic heterocycles. The summed E-state index contributed by atoms with van der Waals surface area (Å²) in [4.78, 5) is 20.6. The predicted molar refractivity (Wildman–Crippen MR) is 77.4 cm³/mol. The first kappa shape index (κ1) is 13.2. The summed E-state index contributed by atoms with van der Waals surface area (Å²) in [5, 5.41) is 3.22. The smallest absolute Gasteiger partial charge is 0.245 e. The van der Waals surface area contributed by atoms with E-state index in [9.17, 15) is 4.79 Å². The Bertz CT molecular complexity index is 514. The number of nitrogens with zero attached hydrogens (tertiary/aromatic N) is 3. The van der Waals surface area contributed by atoms with E-state index in [1.165, 1.54) is 0 Å². The average Bonchev–Trinajstić information content (AvgIpc) is 3.00. The minimum absolute atomic E-state index is 0.0770. The summed E-state index contributed by atoms with van der Waals surface area (Å²) in [5.41, 5.74) is 0. The number of ether oxygens (including phenoxy) is 1. The summed E-state index contributed by atoms with van der Waals surface area (Å²) in [6.45, 7) is 2.40. The van der Waals surface area contributed by atoms with Crippen LogP contribution in [0.4, 0.5) is 11.6 Å². The van der Waals surface area contributed by atoms with Crippen molar-refractivity contribution in [2.45, 2.75) is 18.9 Å². The molecule has 20 heavy (non-hydrogen) atoms. The molecule has 1 saturated heterocycles. The number of likely N-dealkylation sites (N-methyl/N-ethyl adjacent to an activating group) is 2. The SMILES string of the molecule is CN1CCOc2ccc(N(C)C(=O)[C@@H]3CCCN3)nc21. The van der Waals surface area contributed by atoms with E-state index in [2.05, 4.69) is 15.2 Å². The summed E-state index contributed by atoms with van der Waals surface area (Å²) in [7, 11) is 3.76. The Balaban J connectivity index is 1.82. The first-order valence-corrected chi connectivity index (χ1v) is 7.03. The molecule has 0 aromatic carbocycles. The fraction of sp³-hybridized carbons (Fsp3) is 0.571. The minimum Gasteiger partial charge on any atom is -0.488 e. The molecule has 0 aliphatic carbocycles. The molecule has 1 atom stereocenters. The van der Waals surface area contributed by atoms with Gasteiger partial charge >= 0.3 is 0 Å². The Morgan fingerprint density at radius 2 is 2.40 bits per heavy atom. The van der Waals surface area contributed by atoms with Gasteiger partial charge in [-0.2, -0.15) is 0 Å². The molecule has 0 bridgehead atoms. The molecule has 6 nitrogen and oxygen atoms in total. The van der Waals surface area contributed by atoms with Gasteiger partial charge in [-0.25, -0.2) is 4.98 Å². The second kappa shape index (κ2) is 5.28. The Morgan fingerprint density at radius 3 is 3.15 bits per heavy atom. The van der Waals surface area contributed by atoms with Gasteiger partial charge in [0.15, 0.2) is 11.6 Å². The molecule has 2 aliphatic rings. The van der Waals surface area contributed by atoms with Gasteiger partial charge in [-0.1, -0.05) is 0 Å². The van der Waals surface area contributed by atoms with Crippen LogP contribution in [0.15, 0.2) is 12.1 Å². The van der Waals surface area contributed by atoms with Crippen molar-refractivity contribution in [2.24, 2.45) is 0 Å². The number of carbonyl (C=O) groups excluding carboxylic acids is 1. The van der Waals surface area contributed by atoms with Crippen molar-refractivity contribution in [2.75, 3.05) is 43.6 Å². The van der Waals surface area contributed by atoms with Crippen LogP contribution >= 0.6 is 0 Å². The van der Waals surface area contributed by atoms with Crippen molar-refractivity contribution < 1.29 is 9.53 Å². The largest absolute Gasteiger partial charge is 0.488 e. The number of aromatic nitrogens is 1. The van der Waals surface area contributed by atoms with Crippen molar-refractivity contribution in [1.29, 1.82) is 0 Å². The number of rotatable bonds is 2. The highest BCUT2D eigenvalue weighted by Gasteiger charge is 2.27. The lowest BCUT2D eigenvalue weighted by atomic mass is 10.2. The van der Waals surface area contributed by atoms with E-state index in [-0.39, 0.29) is 11.9 Å². The van der Waals surface area contributed by atoms with Gasteiger partial charge in [-0.15, -0.1) is 0 Å². The molecule has 0 unspecified atom stereocenters. The van der Waals surface area contributed by atoms with E-state index in [1.807, 2.05) is 19.2 Å². The van der Waals surface area contributed by atoms with E-state index in [0.29, 0.717) is 12.4 Å². The quantitative estimate of drug-likeness (QED) is 0.858. The molecule has 3 rings (SSSR count). The van der Waals surface area contributed by atoms with Crippen LogP contribution in [0.25, 0.3) is 0 Å². The van der Waals surface area contributed by atoms with Crippen LogP contribution in [-0.4, -0.2) is 50.7 Å². The van der Waals surface area contributed by atoms with Crippen LogP contribution in [0.1, 0.15) is 12.8 Å². The number of pyridine rings is 1. The number of fused-ring (bicyclic) bond motifs is 1. The first-order chi connectivity index (χ1) is 9.66. The Labute approximate surface area is 118 Å². The molecule has 0 spiro atoms. The van der Waals surface area contributed by atoms with Gasteiger partial charge < -0.3 is 15.0 Å². The summed E-state index contributed by atoms with van der Waals surface area (Å²) in [5.74, 6) is 2.32. The number of anilines is 2. The molecule has 1 fully saturated rings. The second-order valence-electron chi connectivity index (χ2n) is 5.31. The Hall–Kier alpha value is -1.82. The summed E-state index contributed by atoms with van der Waals surface area (Å²) >= 11 is 0. The van der Waals surface area contributed by atoms with E-state index >= 15 is 0 Å². The number of nitrogens with one attached hydrogen (secondary N) is 1. The Morgan fingerprint density at radius 1 is 1.55 bits per heavy atom. The molecule has 1 aromatic rings. The molecular weight excluding hydrogens is 256 g/mol. The normalized spacial score (nSPS) is 21.3. The monoisotopic (exact) mass is 276 g/mol. The van der Waals surface area contributed by atoms with Crippen LogP contribution in [0.3, 0.4) is 0 Å². The van der Waals surface area contributed by atoms with Crippen LogP contribution in [0.2, 0.25) is 0 Å². The van der Waals surface area contributed by atoms with Gasteiger partial charge in [0.1, 0.15) is 12.4 Å². The third kappa shape index (κ3) is 2.31. The fourth-order valence-electron chi connectivity index (χ4n) is 2.64. The highest BCUT2D eigenvalue weighted by Crippen LogP contribution is 2.30. The van der Waals surface area contributed by atoms with E-state index in [4.69, 9.17) is 4.74 Å². The minimum atomic E-state index is -0.0770. The molecule has 1 N–H and O–H groups in total. The third-order valence-corrected chi connectivity index (χ3v) is 3.90. The Kier molecular flexibility index (Phi) is 3.48. The van der Waals surface area contributed by atoms with Gasteiger partial charge in [0.05, 0.1) is 12.6 Å². The topological polar surface area (TPSA) is 57.7 Å². The van der Waals surface area contributed by atoms with Crippen molar-refractivity contribution in [1.82, 2.24) is 10.3 Å². The molecule has 3 heterocycles. The summed E-state index contributed by atoms with van der Waals surface area (Å²) in [6, 6.07) is 3.65. The van der Waals surface area contributed by atoms with Gasteiger partial charge in [-0.05, 0) is 31.5 Å². The first-order valence-electron chi connectivity index (χ1n) is 7.03. The summed E-state index contributed by atoms with van der Waals surface area (Å²) < 4.78 is 5.57. The van der Waals surface area contributed by atoms with Crippen molar-refractivity contribution in [3.05, 3.63) is 12.1 Å². The lowest BCUT2D eigenvalue weighted by molar-refractivity contribution is -0.120. The molecule has 0 saturated carbocycles. The van der Waals surface area contributed by atoms with Crippen LogP contribution < -0.4 is 19.9 Å². The summed E-state index contributed by atoms with van der Waals surface area (Å²) in [6.07, 6.45) is 1.95. The molecular formula is C14H20N4O2. The lowest BCUT2D eigenvalue weighted by Crippen LogP contribution is -2.42. The van der Waals surface area contributed by atoms with Crippen molar-refractivity contribution >= 4 is 17.5 Å². The highest BCUT2D eigenvalue weighted by molar-refractivity contribution is 5.96. The standard InChI is InChI=1S/C14H20N4O2/c1-17-8-9-20-11-5-6-12(16-13(11)17)18(2)14(19)10-4-3-7-15-10/h5-6,10,15H,3-4,7-9H2,1-2H3/t10-/m0/s1. The number of hydrogen-bond acceptors (Lipinski definition) is 5. The molecule has 1 amide bonds. The third-order valence-electron chi connectivity index (χ3n) is 3.90. The van der Waals surface area contributed by atoms with E-state index < -0.39 is 0 Å². The van der Waals surface area contributed by atoms with Crippen LogP contribution in [0, 0.1) is 0 Å². The van der Waals surface area contributed by atoms with E-state index in [0.717, 1.165) is 37.5 Å². The van der Waals surface area contributed by atoms with Gasteiger partial charge in [-0.3, -0.25) is 9.69 Å². The molecule has 6 heteroatoms. The van der Waals surface area contributed by atoms with Gasteiger partial charge in [0.25, 0.3) is 0 Å².